The lowest BCUT2D eigenvalue weighted by atomic mass is 9.89. The van der Waals surface area contributed by atoms with Crippen molar-refractivity contribution in [2.45, 2.75) is 37.8 Å². The number of hydrogen-bond donors (Lipinski definition) is 1. The van der Waals surface area contributed by atoms with Crippen LogP contribution < -0.4 is 10.9 Å². The number of amides is 1. The number of aromatic nitrogens is 1. The van der Waals surface area contributed by atoms with Crippen molar-refractivity contribution >= 4 is 5.91 Å². The first kappa shape index (κ1) is 9.63. The molecule has 1 aliphatic heterocycles. The quantitative estimate of drug-likeness (QED) is 0.711. The molecule has 1 aromatic heterocycles. The first-order valence-corrected chi connectivity index (χ1v) is 5.78. The minimum absolute atomic E-state index is 0.0715. The number of carbonyl (C=O) groups excluding carboxylic acids is 1. The Kier molecular flexibility index (Phi) is 1.93. The predicted molar refractivity (Wildman–Crippen MR) is 59.2 cm³/mol. The molecule has 2 aliphatic rings. The average molecular weight is 218 g/mol. The molecule has 4 nitrogen and oxygen atoms in total. The number of hydrogen-bond acceptors (Lipinski definition) is 2. The molecule has 0 atom stereocenters. The number of nitrogens with zero attached hydrogens (tertiary/aromatic N) is 1. The molecule has 0 aromatic carbocycles. The maximum Gasteiger partial charge on any atom is 0.269 e. The Bertz CT molecular complexity index is 498. The van der Waals surface area contributed by atoms with E-state index in [1.165, 1.54) is 12.5 Å². The molecule has 0 unspecified atom stereocenters. The van der Waals surface area contributed by atoms with Gasteiger partial charge in [-0.25, -0.2) is 0 Å². The van der Waals surface area contributed by atoms with E-state index in [2.05, 4.69) is 5.32 Å². The van der Waals surface area contributed by atoms with Crippen molar-refractivity contribution in [1.29, 1.82) is 0 Å². The van der Waals surface area contributed by atoms with Gasteiger partial charge in [0, 0.05) is 6.07 Å². The molecule has 3 rings (SSSR count). The Balaban J connectivity index is 2.20. The van der Waals surface area contributed by atoms with Crippen molar-refractivity contribution in [1.82, 2.24) is 9.88 Å². The predicted octanol–water partition coefficient (Wildman–Crippen LogP) is 1.21. The van der Waals surface area contributed by atoms with Gasteiger partial charge in [0.15, 0.2) is 0 Å². The summed E-state index contributed by atoms with van der Waals surface area (Å²) in [5, 5.41) is 3.00. The summed E-state index contributed by atoms with van der Waals surface area (Å²) in [4.78, 5) is 23.7. The molecule has 1 spiro atoms. The van der Waals surface area contributed by atoms with Gasteiger partial charge in [0.25, 0.3) is 11.5 Å². The number of nitrogens with one attached hydrogen (secondary N) is 1. The molecule has 0 saturated heterocycles. The third-order valence-corrected chi connectivity index (χ3v) is 3.64. The third-order valence-electron chi connectivity index (χ3n) is 3.64. The Hall–Kier alpha value is -1.58. The molecule has 1 aliphatic carbocycles. The van der Waals surface area contributed by atoms with E-state index in [0.717, 1.165) is 25.7 Å². The van der Waals surface area contributed by atoms with E-state index in [-0.39, 0.29) is 11.5 Å². The van der Waals surface area contributed by atoms with Crippen LogP contribution in [0, 0.1) is 0 Å². The smallest absolute Gasteiger partial charge is 0.269 e. The van der Waals surface area contributed by atoms with Gasteiger partial charge >= 0.3 is 0 Å². The molecular weight excluding hydrogens is 204 g/mol. The molecule has 16 heavy (non-hydrogen) atoms. The Morgan fingerprint density at radius 2 is 1.88 bits per heavy atom. The van der Waals surface area contributed by atoms with Crippen LogP contribution in [0.15, 0.2) is 23.0 Å². The first-order chi connectivity index (χ1) is 7.73. The number of carbonyl (C=O) groups is 1. The minimum atomic E-state index is -0.428. The second-order valence-electron chi connectivity index (χ2n) is 4.63. The van der Waals surface area contributed by atoms with Gasteiger partial charge < -0.3 is 5.32 Å². The fourth-order valence-corrected chi connectivity index (χ4v) is 2.92. The van der Waals surface area contributed by atoms with Crippen LogP contribution in [-0.2, 0) is 5.66 Å². The molecule has 0 radical (unpaired) electrons. The molecule has 84 valence electrons. The lowest BCUT2D eigenvalue weighted by Crippen LogP contribution is -2.48. The number of pyridine rings is 1. The van der Waals surface area contributed by atoms with Crippen molar-refractivity contribution in [3.05, 3.63) is 34.2 Å². The molecule has 1 N–H and O–H groups in total. The van der Waals surface area contributed by atoms with E-state index in [1.54, 1.807) is 16.7 Å². The lowest BCUT2D eigenvalue weighted by Gasteiger charge is -2.34. The van der Waals surface area contributed by atoms with Gasteiger partial charge in [-0.2, -0.15) is 0 Å². The fraction of sp³-hybridized carbons (Fsp3) is 0.500. The molecule has 1 aromatic rings. The van der Waals surface area contributed by atoms with Gasteiger partial charge in [-0.3, -0.25) is 14.2 Å². The molecule has 0 bridgehead atoms. The van der Waals surface area contributed by atoms with Gasteiger partial charge in [0.05, 0.1) is 0 Å². The van der Waals surface area contributed by atoms with Crippen LogP contribution in [-0.4, -0.2) is 10.5 Å². The van der Waals surface area contributed by atoms with Gasteiger partial charge in [0.2, 0.25) is 0 Å². The zero-order valence-electron chi connectivity index (χ0n) is 9.03. The van der Waals surface area contributed by atoms with Crippen LogP contribution in [0.5, 0.6) is 0 Å². The SMILES string of the molecule is O=C1NC2(CCCCC2)n2c1cccc2=O. The minimum Gasteiger partial charge on any atom is -0.327 e. The van der Waals surface area contributed by atoms with Crippen molar-refractivity contribution in [2.75, 3.05) is 0 Å². The molecule has 1 amide bonds. The third kappa shape index (κ3) is 1.16. The van der Waals surface area contributed by atoms with Gasteiger partial charge in [-0.15, -0.1) is 0 Å². The van der Waals surface area contributed by atoms with Crippen LogP contribution in [0.3, 0.4) is 0 Å². The molecule has 1 saturated carbocycles. The van der Waals surface area contributed by atoms with Gasteiger partial charge in [-0.05, 0) is 31.7 Å². The highest BCUT2D eigenvalue weighted by molar-refractivity contribution is 5.95. The van der Waals surface area contributed by atoms with E-state index in [0.29, 0.717) is 5.69 Å². The van der Waals surface area contributed by atoms with E-state index in [4.69, 9.17) is 0 Å². The van der Waals surface area contributed by atoms with Crippen molar-refractivity contribution in [3.8, 4) is 0 Å². The van der Waals surface area contributed by atoms with Crippen molar-refractivity contribution < 1.29 is 4.79 Å². The summed E-state index contributed by atoms with van der Waals surface area (Å²) in [7, 11) is 0. The summed E-state index contributed by atoms with van der Waals surface area (Å²) in [6, 6.07) is 4.90. The fourth-order valence-electron chi connectivity index (χ4n) is 2.92. The second kappa shape index (κ2) is 3.20. The highest BCUT2D eigenvalue weighted by atomic mass is 16.2. The van der Waals surface area contributed by atoms with E-state index in [9.17, 15) is 9.59 Å². The highest BCUT2D eigenvalue weighted by Gasteiger charge is 2.43. The summed E-state index contributed by atoms with van der Waals surface area (Å²) in [6.45, 7) is 0. The largest absolute Gasteiger partial charge is 0.327 e. The zero-order valence-corrected chi connectivity index (χ0v) is 9.03. The van der Waals surface area contributed by atoms with Crippen LogP contribution in [0.1, 0.15) is 42.6 Å². The van der Waals surface area contributed by atoms with E-state index < -0.39 is 5.66 Å². The summed E-state index contributed by atoms with van der Waals surface area (Å²) in [5.74, 6) is -0.111. The molecule has 4 heteroatoms. The van der Waals surface area contributed by atoms with Crippen molar-refractivity contribution in [2.24, 2.45) is 0 Å². The molecular formula is C12H14N2O2. The van der Waals surface area contributed by atoms with Crippen LogP contribution in [0.4, 0.5) is 0 Å². The second-order valence-corrected chi connectivity index (χ2v) is 4.63. The van der Waals surface area contributed by atoms with Crippen molar-refractivity contribution in [3.63, 3.8) is 0 Å². The Morgan fingerprint density at radius 1 is 1.12 bits per heavy atom. The number of rotatable bonds is 0. The highest BCUT2D eigenvalue weighted by Crippen LogP contribution is 2.35. The number of fused-ring (bicyclic) bond motifs is 2. The lowest BCUT2D eigenvalue weighted by molar-refractivity contribution is 0.0877. The van der Waals surface area contributed by atoms with Gasteiger partial charge in [-0.1, -0.05) is 12.5 Å². The van der Waals surface area contributed by atoms with E-state index >= 15 is 0 Å². The average Bonchev–Trinajstić information content (AvgIpc) is 2.55. The maximum atomic E-state index is 11.9. The monoisotopic (exact) mass is 218 g/mol. The normalized spacial score (nSPS) is 21.9. The van der Waals surface area contributed by atoms with Crippen LogP contribution in [0.2, 0.25) is 0 Å². The standard InChI is InChI=1S/C12H14N2O2/c15-10-6-4-5-9-11(16)13-12(14(9)10)7-2-1-3-8-12/h4-6H,1-3,7-8H2,(H,13,16). The maximum absolute atomic E-state index is 11.9. The first-order valence-electron chi connectivity index (χ1n) is 5.78. The Labute approximate surface area is 93.3 Å². The van der Waals surface area contributed by atoms with Crippen LogP contribution in [0.25, 0.3) is 0 Å². The summed E-state index contributed by atoms with van der Waals surface area (Å²) in [6.07, 6.45) is 5.07. The van der Waals surface area contributed by atoms with E-state index in [1.807, 2.05) is 0 Å². The zero-order chi connectivity index (χ0) is 11.2. The Morgan fingerprint density at radius 3 is 2.62 bits per heavy atom. The topological polar surface area (TPSA) is 51.1 Å². The summed E-state index contributed by atoms with van der Waals surface area (Å²) >= 11 is 0. The van der Waals surface area contributed by atoms with Gasteiger partial charge in [0.1, 0.15) is 11.4 Å². The summed E-state index contributed by atoms with van der Waals surface area (Å²) in [5.41, 5.74) is 0.00961. The molecule has 1 fully saturated rings. The van der Waals surface area contributed by atoms with Crippen LogP contribution >= 0.6 is 0 Å². The summed E-state index contributed by atoms with van der Waals surface area (Å²) < 4.78 is 1.66. The molecule has 2 heterocycles.